The number of nitrogens with one attached hydrogen (secondary N) is 2. The smallest absolute Gasteiger partial charge is 0.234 e. The zero-order valence-corrected chi connectivity index (χ0v) is 11.1. The van der Waals surface area contributed by atoms with Crippen LogP contribution < -0.4 is 10.6 Å². The molecular formula is C15H19N3O. The number of hydrogen-bond donors (Lipinski definition) is 2. The summed E-state index contributed by atoms with van der Waals surface area (Å²) in [5.41, 5.74) is 2.29. The molecule has 1 heterocycles. The second-order valence-corrected chi connectivity index (χ2v) is 4.55. The number of carbonyl (C=O) groups is 1. The number of carbonyl (C=O) groups excluding carboxylic acids is 1. The second kappa shape index (κ2) is 6.75. The molecule has 19 heavy (non-hydrogen) atoms. The fourth-order valence-electron chi connectivity index (χ4n) is 1.84. The van der Waals surface area contributed by atoms with E-state index in [9.17, 15) is 4.79 Å². The third-order valence-corrected chi connectivity index (χ3v) is 2.84. The van der Waals surface area contributed by atoms with Crippen LogP contribution in [0.3, 0.4) is 0 Å². The van der Waals surface area contributed by atoms with Crippen LogP contribution in [0, 0.1) is 0 Å². The summed E-state index contributed by atoms with van der Waals surface area (Å²) in [6.07, 6.45) is 4.03. The number of benzene rings is 1. The van der Waals surface area contributed by atoms with Crippen molar-refractivity contribution in [1.29, 1.82) is 0 Å². The van der Waals surface area contributed by atoms with Crippen LogP contribution in [0.1, 0.15) is 11.1 Å². The highest BCUT2D eigenvalue weighted by Gasteiger charge is 2.01. The number of hydrogen-bond acceptors (Lipinski definition) is 2. The lowest BCUT2D eigenvalue weighted by atomic mass is 10.2. The third kappa shape index (κ3) is 4.60. The van der Waals surface area contributed by atoms with Gasteiger partial charge in [-0.05, 0) is 17.2 Å². The first-order chi connectivity index (χ1) is 9.24. The minimum Gasteiger partial charge on any atom is -0.357 e. The van der Waals surface area contributed by atoms with Crippen LogP contribution in [0.15, 0.2) is 48.8 Å². The summed E-state index contributed by atoms with van der Waals surface area (Å²) in [6, 6.07) is 11.9. The predicted molar refractivity (Wildman–Crippen MR) is 75.4 cm³/mol. The van der Waals surface area contributed by atoms with E-state index in [0.717, 1.165) is 5.56 Å². The summed E-state index contributed by atoms with van der Waals surface area (Å²) in [5, 5.41) is 6.01. The van der Waals surface area contributed by atoms with E-state index < -0.39 is 0 Å². The molecule has 0 fully saturated rings. The van der Waals surface area contributed by atoms with Crippen LogP contribution in [-0.4, -0.2) is 17.0 Å². The van der Waals surface area contributed by atoms with E-state index in [-0.39, 0.29) is 5.91 Å². The van der Waals surface area contributed by atoms with Crippen molar-refractivity contribution in [2.24, 2.45) is 7.05 Å². The maximum Gasteiger partial charge on any atom is 0.234 e. The van der Waals surface area contributed by atoms with E-state index in [0.29, 0.717) is 19.6 Å². The Kier molecular flexibility index (Phi) is 4.75. The normalized spacial score (nSPS) is 10.4. The predicted octanol–water partition coefficient (Wildman–Crippen LogP) is 1.43. The Bertz CT molecular complexity index is 519. The Morgan fingerprint density at radius 3 is 2.58 bits per heavy atom. The SMILES string of the molecule is Cn1ccc(CNCC(=O)NCc2ccccc2)c1. The first-order valence-electron chi connectivity index (χ1n) is 6.36. The van der Waals surface area contributed by atoms with Crippen LogP contribution in [-0.2, 0) is 24.9 Å². The molecule has 0 spiro atoms. The van der Waals surface area contributed by atoms with Crippen molar-refractivity contribution in [2.75, 3.05) is 6.54 Å². The monoisotopic (exact) mass is 257 g/mol. The maximum atomic E-state index is 11.6. The number of aromatic nitrogens is 1. The molecular weight excluding hydrogens is 238 g/mol. The molecule has 0 aliphatic carbocycles. The van der Waals surface area contributed by atoms with Gasteiger partial charge in [0.25, 0.3) is 0 Å². The number of aryl methyl sites for hydroxylation is 1. The minimum absolute atomic E-state index is 0.0137. The van der Waals surface area contributed by atoms with Crippen LogP contribution in [0.2, 0.25) is 0 Å². The zero-order valence-electron chi connectivity index (χ0n) is 11.1. The molecule has 0 aliphatic rings. The van der Waals surface area contributed by atoms with Crippen molar-refractivity contribution < 1.29 is 4.79 Å². The highest BCUT2D eigenvalue weighted by atomic mass is 16.1. The molecule has 4 heteroatoms. The van der Waals surface area contributed by atoms with Gasteiger partial charge in [-0.1, -0.05) is 30.3 Å². The van der Waals surface area contributed by atoms with E-state index in [1.807, 2.05) is 60.4 Å². The van der Waals surface area contributed by atoms with Gasteiger partial charge in [0.05, 0.1) is 6.54 Å². The Hall–Kier alpha value is -2.07. The number of nitrogens with zero attached hydrogens (tertiary/aromatic N) is 1. The molecule has 2 N–H and O–H groups in total. The molecule has 0 bridgehead atoms. The third-order valence-electron chi connectivity index (χ3n) is 2.84. The minimum atomic E-state index is 0.0137. The highest BCUT2D eigenvalue weighted by molar-refractivity contribution is 5.77. The average molecular weight is 257 g/mol. The van der Waals surface area contributed by atoms with Crippen LogP contribution in [0.4, 0.5) is 0 Å². The molecule has 0 radical (unpaired) electrons. The lowest BCUT2D eigenvalue weighted by Gasteiger charge is -2.06. The summed E-state index contributed by atoms with van der Waals surface area (Å²) in [5.74, 6) is 0.0137. The summed E-state index contributed by atoms with van der Waals surface area (Å²) < 4.78 is 1.99. The Labute approximate surface area is 113 Å². The molecule has 1 aromatic carbocycles. The number of rotatable bonds is 6. The van der Waals surface area contributed by atoms with E-state index >= 15 is 0 Å². The molecule has 0 saturated carbocycles. The molecule has 1 amide bonds. The van der Waals surface area contributed by atoms with Crippen molar-refractivity contribution in [3.63, 3.8) is 0 Å². The van der Waals surface area contributed by atoms with Gasteiger partial charge in [-0.25, -0.2) is 0 Å². The van der Waals surface area contributed by atoms with E-state index in [1.165, 1.54) is 5.56 Å². The van der Waals surface area contributed by atoms with Crippen LogP contribution in [0.5, 0.6) is 0 Å². The molecule has 100 valence electrons. The quantitative estimate of drug-likeness (QED) is 0.822. The lowest BCUT2D eigenvalue weighted by molar-refractivity contribution is -0.120. The Morgan fingerprint density at radius 1 is 1.11 bits per heavy atom. The lowest BCUT2D eigenvalue weighted by Crippen LogP contribution is -2.33. The van der Waals surface area contributed by atoms with Crippen molar-refractivity contribution in [3.8, 4) is 0 Å². The fourth-order valence-corrected chi connectivity index (χ4v) is 1.84. The van der Waals surface area contributed by atoms with Gasteiger partial charge >= 0.3 is 0 Å². The first kappa shape index (κ1) is 13.4. The average Bonchev–Trinajstić information content (AvgIpc) is 2.83. The van der Waals surface area contributed by atoms with Gasteiger partial charge in [0, 0.05) is 32.5 Å². The number of amides is 1. The van der Waals surface area contributed by atoms with Gasteiger partial charge in [-0.2, -0.15) is 0 Å². The summed E-state index contributed by atoms with van der Waals surface area (Å²) >= 11 is 0. The first-order valence-corrected chi connectivity index (χ1v) is 6.36. The van der Waals surface area contributed by atoms with Gasteiger partial charge in [0.15, 0.2) is 0 Å². The van der Waals surface area contributed by atoms with Crippen molar-refractivity contribution in [1.82, 2.24) is 15.2 Å². The van der Waals surface area contributed by atoms with Gasteiger partial charge in [0.1, 0.15) is 0 Å². The largest absolute Gasteiger partial charge is 0.357 e. The van der Waals surface area contributed by atoms with Gasteiger partial charge in [-0.3, -0.25) is 4.79 Å². The molecule has 2 aromatic rings. The van der Waals surface area contributed by atoms with Crippen LogP contribution in [0.25, 0.3) is 0 Å². The molecule has 0 atom stereocenters. The highest BCUT2D eigenvalue weighted by Crippen LogP contribution is 1.98. The topological polar surface area (TPSA) is 46.1 Å². The van der Waals surface area contributed by atoms with E-state index in [2.05, 4.69) is 10.6 Å². The fraction of sp³-hybridized carbons (Fsp3) is 0.267. The standard InChI is InChI=1S/C15H19N3O/c1-18-8-7-14(12-18)9-16-11-15(19)17-10-13-5-3-2-4-6-13/h2-8,12,16H,9-11H2,1H3,(H,17,19). The van der Waals surface area contributed by atoms with E-state index in [4.69, 9.17) is 0 Å². The summed E-state index contributed by atoms with van der Waals surface area (Å²) in [7, 11) is 1.98. The zero-order chi connectivity index (χ0) is 13.5. The van der Waals surface area contributed by atoms with Gasteiger partial charge in [0.2, 0.25) is 5.91 Å². The maximum absolute atomic E-state index is 11.6. The Morgan fingerprint density at radius 2 is 1.89 bits per heavy atom. The van der Waals surface area contributed by atoms with Crippen molar-refractivity contribution in [3.05, 3.63) is 59.9 Å². The van der Waals surface area contributed by atoms with Crippen molar-refractivity contribution in [2.45, 2.75) is 13.1 Å². The van der Waals surface area contributed by atoms with Gasteiger partial charge < -0.3 is 15.2 Å². The second-order valence-electron chi connectivity index (χ2n) is 4.55. The van der Waals surface area contributed by atoms with Crippen molar-refractivity contribution >= 4 is 5.91 Å². The van der Waals surface area contributed by atoms with E-state index in [1.54, 1.807) is 0 Å². The molecule has 1 aromatic heterocycles. The summed E-state index contributed by atoms with van der Waals surface area (Å²) in [6.45, 7) is 1.62. The molecule has 0 unspecified atom stereocenters. The van der Waals surface area contributed by atoms with Gasteiger partial charge in [-0.15, -0.1) is 0 Å². The molecule has 0 aliphatic heterocycles. The molecule has 2 rings (SSSR count). The molecule has 4 nitrogen and oxygen atoms in total. The summed E-state index contributed by atoms with van der Waals surface area (Å²) in [4.78, 5) is 11.6. The Balaban J connectivity index is 1.65. The van der Waals surface area contributed by atoms with Crippen LogP contribution >= 0.6 is 0 Å². The molecule has 0 saturated heterocycles.